The Kier molecular flexibility index (Phi) is 5.73. The Morgan fingerprint density at radius 1 is 1.12 bits per heavy atom. The molecule has 0 bridgehead atoms. The van der Waals surface area contributed by atoms with Gasteiger partial charge in [-0.25, -0.2) is 0 Å². The third kappa shape index (κ3) is 4.60. The van der Waals surface area contributed by atoms with Gasteiger partial charge in [-0.15, -0.1) is 11.3 Å². The molecule has 7 heteroatoms. The van der Waals surface area contributed by atoms with Crippen LogP contribution in [0.1, 0.15) is 45.7 Å². The molecule has 132 valence electrons. The monoisotopic (exact) mass is 377 g/mol. The third-order valence-corrected chi connectivity index (χ3v) is 5.50. The van der Waals surface area contributed by atoms with E-state index in [0.717, 1.165) is 25.7 Å². The fourth-order valence-corrected chi connectivity index (χ4v) is 3.79. The maximum atomic E-state index is 12.4. The van der Waals surface area contributed by atoms with Gasteiger partial charge < -0.3 is 16.4 Å². The smallest absolute Gasteiger partial charge is 0.265 e. The Morgan fingerprint density at radius 2 is 1.88 bits per heavy atom. The number of rotatable bonds is 4. The van der Waals surface area contributed by atoms with E-state index in [9.17, 15) is 9.59 Å². The first-order valence-corrected chi connectivity index (χ1v) is 9.49. The molecular formula is C18H20ClN3O2S. The Balaban J connectivity index is 1.63. The molecule has 5 nitrogen and oxygen atoms in total. The highest BCUT2D eigenvalue weighted by Gasteiger charge is 2.21. The van der Waals surface area contributed by atoms with Gasteiger partial charge in [0.15, 0.2) is 0 Å². The lowest BCUT2D eigenvalue weighted by molar-refractivity contribution is 0.0925. The highest BCUT2D eigenvalue weighted by atomic mass is 35.5. The molecule has 0 atom stereocenters. The van der Waals surface area contributed by atoms with Gasteiger partial charge in [-0.3, -0.25) is 9.59 Å². The molecule has 4 N–H and O–H groups in total. The van der Waals surface area contributed by atoms with Crippen molar-refractivity contribution in [3.8, 4) is 0 Å². The number of hydrogen-bond donors (Lipinski definition) is 3. The summed E-state index contributed by atoms with van der Waals surface area (Å²) in [7, 11) is 0. The molecule has 2 aromatic rings. The Hall–Kier alpha value is -1.89. The minimum Gasteiger partial charge on any atom is -0.349 e. The van der Waals surface area contributed by atoms with Crippen LogP contribution in [-0.2, 0) is 0 Å². The van der Waals surface area contributed by atoms with Gasteiger partial charge in [0, 0.05) is 17.8 Å². The number of nitrogens with one attached hydrogen (secondary N) is 2. The highest BCUT2D eigenvalue weighted by molar-refractivity contribution is 7.12. The first-order chi connectivity index (χ1) is 12.0. The molecule has 0 saturated heterocycles. The predicted octanol–water partition coefficient (Wildman–Crippen LogP) is 3.65. The number of thiophene rings is 1. The lowest BCUT2D eigenvalue weighted by Crippen LogP contribution is -2.40. The van der Waals surface area contributed by atoms with E-state index in [1.165, 1.54) is 11.3 Å². The highest BCUT2D eigenvalue weighted by Crippen LogP contribution is 2.23. The number of nitrogens with two attached hydrogens (primary N) is 1. The SMILES string of the molecule is NC1CCC(NC(=O)c2ccc(NC(=O)c3cccs3)cc2Cl)CC1. The lowest BCUT2D eigenvalue weighted by atomic mass is 9.91. The summed E-state index contributed by atoms with van der Waals surface area (Å²) in [5.41, 5.74) is 6.85. The number of amides is 2. The zero-order valence-corrected chi connectivity index (χ0v) is 15.2. The van der Waals surface area contributed by atoms with Gasteiger partial charge in [-0.2, -0.15) is 0 Å². The molecule has 1 saturated carbocycles. The number of halogens is 1. The van der Waals surface area contributed by atoms with E-state index >= 15 is 0 Å². The van der Waals surface area contributed by atoms with Gasteiger partial charge in [0.05, 0.1) is 15.5 Å². The van der Waals surface area contributed by atoms with Gasteiger partial charge in [0.1, 0.15) is 0 Å². The second kappa shape index (κ2) is 7.99. The normalized spacial score (nSPS) is 20.1. The van der Waals surface area contributed by atoms with Gasteiger partial charge >= 0.3 is 0 Å². The van der Waals surface area contributed by atoms with Crippen molar-refractivity contribution >= 4 is 40.4 Å². The van der Waals surface area contributed by atoms with Crippen LogP contribution in [0.15, 0.2) is 35.7 Å². The number of carbonyl (C=O) groups is 2. The quantitative estimate of drug-likeness (QED) is 0.760. The van der Waals surface area contributed by atoms with Crippen molar-refractivity contribution in [2.75, 3.05) is 5.32 Å². The zero-order valence-electron chi connectivity index (χ0n) is 13.6. The fourth-order valence-electron chi connectivity index (χ4n) is 2.90. The molecule has 1 aromatic carbocycles. The van der Waals surface area contributed by atoms with E-state index < -0.39 is 0 Å². The summed E-state index contributed by atoms with van der Waals surface area (Å²) in [6.45, 7) is 0. The van der Waals surface area contributed by atoms with Gasteiger partial charge in [0.25, 0.3) is 11.8 Å². The van der Waals surface area contributed by atoms with Crippen LogP contribution in [-0.4, -0.2) is 23.9 Å². The van der Waals surface area contributed by atoms with Crippen molar-refractivity contribution in [3.63, 3.8) is 0 Å². The van der Waals surface area contributed by atoms with Crippen LogP contribution in [0.4, 0.5) is 5.69 Å². The Morgan fingerprint density at radius 3 is 2.52 bits per heavy atom. The molecule has 1 aromatic heterocycles. The van der Waals surface area contributed by atoms with Crippen molar-refractivity contribution < 1.29 is 9.59 Å². The van der Waals surface area contributed by atoms with E-state index in [2.05, 4.69) is 10.6 Å². The lowest BCUT2D eigenvalue weighted by Gasteiger charge is -2.27. The average Bonchev–Trinajstić information content (AvgIpc) is 3.11. The molecule has 0 unspecified atom stereocenters. The summed E-state index contributed by atoms with van der Waals surface area (Å²) in [6, 6.07) is 8.86. The van der Waals surface area contributed by atoms with Gasteiger partial charge in [-0.05, 0) is 55.3 Å². The summed E-state index contributed by atoms with van der Waals surface area (Å²) in [4.78, 5) is 25.1. The van der Waals surface area contributed by atoms with Crippen LogP contribution in [0.2, 0.25) is 5.02 Å². The summed E-state index contributed by atoms with van der Waals surface area (Å²) in [6.07, 6.45) is 3.62. The zero-order chi connectivity index (χ0) is 17.8. The number of benzene rings is 1. The molecule has 2 amide bonds. The standard InChI is InChI=1S/C18H20ClN3O2S/c19-15-10-13(22-18(24)16-2-1-9-25-16)7-8-14(15)17(23)21-12-5-3-11(20)4-6-12/h1-2,7-12H,3-6,20H2,(H,21,23)(H,22,24). The summed E-state index contributed by atoms with van der Waals surface area (Å²) < 4.78 is 0. The molecule has 1 aliphatic rings. The van der Waals surface area contributed by atoms with Crippen LogP contribution in [0.3, 0.4) is 0 Å². The van der Waals surface area contributed by atoms with Crippen molar-refractivity contribution in [1.29, 1.82) is 0 Å². The van der Waals surface area contributed by atoms with Gasteiger partial charge in [-0.1, -0.05) is 17.7 Å². The van der Waals surface area contributed by atoms with E-state index in [1.54, 1.807) is 24.3 Å². The minimum atomic E-state index is -0.193. The van der Waals surface area contributed by atoms with Crippen LogP contribution >= 0.6 is 22.9 Å². The molecule has 0 spiro atoms. The third-order valence-electron chi connectivity index (χ3n) is 4.32. The summed E-state index contributed by atoms with van der Waals surface area (Å²) in [5.74, 6) is -0.386. The molecule has 1 fully saturated rings. The second-order valence-corrected chi connectivity index (χ2v) is 7.57. The molecule has 1 heterocycles. The average molecular weight is 378 g/mol. The first-order valence-electron chi connectivity index (χ1n) is 8.24. The second-order valence-electron chi connectivity index (χ2n) is 6.21. The molecule has 25 heavy (non-hydrogen) atoms. The van der Waals surface area contributed by atoms with E-state index in [-0.39, 0.29) is 23.9 Å². The van der Waals surface area contributed by atoms with E-state index in [0.29, 0.717) is 21.2 Å². The van der Waals surface area contributed by atoms with E-state index in [1.807, 2.05) is 11.4 Å². The number of anilines is 1. The first kappa shape index (κ1) is 17.9. The summed E-state index contributed by atoms with van der Waals surface area (Å²) in [5, 5.41) is 7.95. The van der Waals surface area contributed by atoms with Crippen molar-refractivity contribution in [2.24, 2.45) is 5.73 Å². The predicted molar refractivity (Wildman–Crippen MR) is 101 cm³/mol. The van der Waals surface area contributed by atoms with Gasteiger partial charge in [0.2, 0.25) is 0 Å². The molecule has 0 aliphatic heterocycles. The Bertz CT molecular complexity index is 756. The van der Waals surface area contributed by atoms with Crippen LogP contribution in [0, 0.1) is 0 Å². The van der Waals surface area contributed by atoms with Crippen LogP contribution < -0.4 is 16.4 Å². The largest absolute Gasteiger partial charge is 0.349 e. The fraction of sp³-hybridized carbons (Fsp3) is 0.333. The maximum absolute atomic E-state index is 12.4. The van der Waals surface area contributed by atoms with Crippen LogP contribution in [0.5, 0.6) is 0 Å². The molecule has 0 radical (unpaired) electrons. The molecular weight excluding hydrogens is 358 g/mol. The molecule has 1 aliphatic carbocycles. The molecule has 3 rings (SSSR count). The van der Waals surface area contributed by atoms with Crippen LogP contribution in [0.25, 0.3) is 0 Å². The Labute approximate surface area is 155 Å². The van der Waals surface area contributed by atoms with Crippen molar-refractivity contribution in [2.45, 2.75) is 37.8 Å². The number of carbonyl (C=O) groups excluding carboxylic acids is 2. The van der Waals surface area contributed by atoms with Crippen molar-refractivity contribution in [3.05, 3.63) is 51.2 Å². The topological polar surface area (TPSA) is 84.2 Å². The maximum Gasteiger partial charge on any atom is 0.265 e. The van der Waals surface area contributed by atoms with E-state index in [4.69, 9.17) is 17.3 Å². The summed E-state index contributed by atoms with van der Waals surface area (Å²) >= 11 is 7.61. The number of hydrogen-bond acceptors (Lipinski definition) is 4. The van der Waals surface area contributed by atoms with Crippen molar-refractivity contribution in [1.82, 2.24) is 5.32 Å². The minimum absolute atomic E-state index is 0.140.